The fraction of sp³-hybridized carbons (Fsp3) is 0.455. The highest BCUT2D eigenvalue weighted by Crippen LogP contribution is 2.28. The van der Waals surface area contributed by atoms with Gasteiger partial charge < -0.3 is 26.9 Å². The van der Waals surface area contributed by atoms with Crippen LogP contribution in [0.25, 0.3) is 0 Å². The van der Waals surface area contributed by atoms with Crippen LogP contribution in [0.15, 0.2) is 29.4 Å². The molecule has 1 aliphatic rings. The number of hydrazone groups is 1. The lowest BCUT2D eigenvalue weighted by molar-refractivity contribution is -0.142. The lowest BCUT2D eigenvalue weighted by Gasteiger charge is -2.22. The Morgan fingerprint density at radius 1 is 1.21 bits per heavy atom. The summed E-state index contributed by atoms with van der Waals surface area (Å²) in [5, 5.41) is 20.0. The number of hydrogen-bond donors (Lipinski definition) is 5. The molecule has 1 saturated heterocycles. The van der Waals surface area contributed by atoms with Gasteiger partial charge in [0, 0.05) is 13.0 Å². The molecule has 1 fully saturated rings. The normalized spacial score (nSPS) is 18.6. The molecule has 0 aromatic heterocycles. The second kappa shape index (κ2) is 11.8. The molecule has 12 heteroatoms. The summed E-state index contributed by atoms with van der Waals surface area (Å²) in [5.41, 5.74) is -0.181. The lowest BCUT2D eigenvalue weighted by Crippen LogP contribution is -2.50. The van der Waals surface area contributed by atoms with Crippen LogP contribution in [0.3, 0.4) is 0 Å². The van der Waals surface area contributed by atoms with E-state index in [1.54, 1.807) is 24.3 Å². The summed E-state index contributed by atoms with van der Waals surface area (Å²) in [4.78, 5) is 61.8. The van der Waals surface area contributed by atoms with Gasteiger partial charge in [-0.25, -0.2) is 9.59 Å². The second-order valence-corrected chi connectivity index (χ2v) is 8.07. The van der Waals surface area contributed by atoms with Gasteiger partial charge in [0.05, 0.1) is 6.21 Å². The molecule has 1 aromatic carbocycles. The Morgan fingerprint density at radius 2 is 1.88 bits per heavy atom. The smallest absolute Gasteiger partial charge is 0.328 e. The van der Waals surface area contributed by atoms with Gasteiger partial charge in [-0.1, -0.05) is 44.0 Å². The van der Waals surface area contributed by atoms with Crippen molar-refractivity contribution in [1.82, 2.24) is 20.9 Å². The van der Waals surface area contributed by atoms with Crippen LogP contribution in [0.4, 0.5) is 4.79 Å². The second-order valence-electron chi connectivity index (χ2n) is 8.07. The summed E-state index contributed by atoms with van der Waals surface area (Å²) in [7, 11) is 0. The topological polar surface area (TPSA) is 183 Å². The van der Waals surface area contributed by atoms with E-state index in [1.807, 2.05) is 6.92 Å². The average molecular weight is 475 g/mol. The van der Waals surface area contributed by atoms with Crippen LogP contribution in [0.2, 0.25) is 0 Å². The number of carboxylic acids is 1. The van der Waals surface area contributed by atoms with E-state index < -0.39 is 54.4 Å². The van der Waals surface area contributed by atoms with E-state index in [0.717, 1.165) is 17.7 Å². The molecule has 0 radical (unpaired) electrons. The molecule has 6 N–H and O–H groups in total. The van der Waals surface area contributed by atoms with Gasteiger partial charge in [0.25, 0.3) is 5.91 Å². The summed E-state index contributed by atoms with van der Waals surface area (Å²) in [6, 6.07) is 4.54. The standard InChI is InChI=1S/C22H30N6O6/c1-3-4-5-6-17(29)26-16(19(31)32)12-24-18(30)13-28-20(33)22(2,27-21(28)34)15-9-7-14(8-10-15)11-25-23/h7-11,16H,3-6,12-13,23H2,1-2H3,(H,24,30)(H,26,29)(H,27,34)(H,31,32)/b25-11+. The monoisotopic (exact) mass is 474 g/mol. The van der Waals surface area contributed by atoms with Crippen LogP contribution in [0.1, 0.15) is 50.7 Å². The number of hydrogen-bond acceptors (Lipinski definition) is 7. The highest BCUT2D eigenvalue weighted by Gasteiger charge is 2.49. The highest BCUT2D eigenvalue weighted by atomic mass is 16.4. The third-order valence-corrected chi connectivity index (χ3v) is 5.43. The van der Waals surface area contributed by atoms with Gasteiger partial charge in [0.2, 0.25) is 11.8 Å². The number of nitrogens with two attached hydrogens (primary N) is 1. The summed E-state index contributed by atoms with van der Waals surface area (Å²) in [6.07, 6.45) is 4.01. The van der Waals surface area contributed by atoms with Crippen molar-refractivity contribution in [3.8, 4) is 0 Å². The summed E-state index contributed by atoms with van der Waals surface area (Å²) in [6.45, 7) is 2.51. The largest absolute Gasteiger partial charge is 0.480 e. The van der Waals surface area contributed by atoms with Crippen LogP contribution in [0.5, 0.6) is 0 Å². The first-order valence-electron chi connectivity index (χ1n) is 10.9. The third kappa shape index (κ3) is 6.53. The molecule has 1 aromatic rings. The number of aliphatic carboxylic acids is 1. The van der Waals surface area contributed by atoms with E-state index in [1.165, 1.54) is 13.1 Å². The van der Waals surface area contributed by atoms with Crippen molar-refractivity contribution in [3.05, 3.63) is 35.4 Å². The minimum atomic E-state index is -1.38. The number of carbonyl (C=O) groups excluding carboxylic acids is 4. The van der Waals surface area contributed by atoms with Crippen molar-refractivity contribution in [1.29, 1.82) is 0 Å². The van der Waals surface area contributed by atoms with Gasteiger partial charge in [-0.2, -0.15) is 5.10 Å². The minimum Gasteiger partial charge on any atom is -0.480 e. The van der Waals surface area contributed by atoms with E-state index in [0.29, 0.717) is 17.5 Å². The molecule has 5 amide bonds. The fourth-order valence-electron chi connectivity index (χ4n) is 3.44. The van der Waals surface area contributed by atoms with E-state index in [2.05, 4.69) is 21.1 Å². The van der Waals surface area contributed by atoms with Gasteiger partial charge in [-0.15, -0.1) is 0 Å². The quantitative estimate of drug-likeness (QED) is 0.0929. The van der Waals surface area contributed by atoms with Crippen LogP contribution in [-0.4, -0.2) is 65.1 Å². The molecule has 1 aliphatic heterocycles. The van der Waals surface area contributed by atoms with Crippen molar-refractivity contribution in [2.45, 2.75) is 51.1 Å². The molecule has 184 valence electrons. The van der Waals surface area contributed by atoms with Gasteiger partial charge in [-0.05, 0) is 24.5 Å². The number of urea groups is 1. The maximum absolute atomic E-state index is 13.0. The van der Waals surface area contributed by atoms with Gasteiger partial charge in [-0.3, -0.25) is 19.3 Å². The first-order chi connectivity index (χ1) is 16.1. The molecular weight excluding hydrogens is 444 g/mol. The molecule has 0 bridgehead atoms. The van der Waals surface area contributed by atoms with E-state index in [-0.39, 0.29) is 6.42 Å². The van der Waals surface area contributed by atoms with Crippen molar-refractivity contribution in [2.75, 3.05) is 13.1 Å². The number of carboxylic acid groups (broad SMARTS) is 1. The number of rotatable bonds is 12. The first-order valence-corrected chi connectivity index (χ1v) is 10.9. The summed E-state index contributed by atoms with van der Waals surface area (Å²) < 4.78 is 0. The minimum absolute atomic E-state index is 0.187. The van der Waals surface area contributed by atoms with Crippen molar-refractivity contribution in [2.24, 2.45) is 10.9 Å². The Labute approximate surface area is 196 Å². The van der Waals surface area contributed by atoms with Gasteiger partial charge in [0.1, 0.15) is 18.1 Å². The molecule has 0 saturated carbocycles. The zero-order valence-corrected chi connectivity index (χ0v) is 19.2. The molecule has 2 atom stereocenters. The maximum atomic E-state index is 13.0. The van der Waals surface area contributed by atoms with Crippen LogP contribution < -0.4 is 21.8 Å². The fourth-order valence-corrected chi connectivity index (χ4v) is 3.44. The Bertz CT molecular complexity index is 963. The number of unbranched alkanes of at least 4 members (excludes halogenated alkanes) is 2. The van der Waals surface area contributed by atoms with Gasteiger partial charge >= 0.3 is 12.0 Å². The molecule has 34 heavy (non-hydrogen) atoms. The summed E-state index contributed by atoms with van der Waals surface area (Å²) in [5.74, 6) is 2.01. The average Bonchev–Trinajstić information content (AvgIpc) is 3.01. The van der Waals surface area contributed by atoms with Crippen LogP contribution in [-0.2, 0) is 24.7 Å². The first kappa shape index (κ1) is 26.3. The molecular formula is C22H30N6O6. The third-order valence-electron chi connectivity index (χ3n) is 5.43. The van der Waals surface area contributed by atoms with E-state index in [4.69, 9.17) is 5.84 Å². The molecule has 0 spiro atoms. The molecule has 0 aliphatic carbocycles. The number of carbonyl (C=O) groups is 5. The SMILES string of the molecule is CCCCCC(=O)NC(CNC(=O)CN1C(=O)NC(C)(c2ccc(/C=N/N)cc2)C1=O)C(=O)O. The number of amides is 5. The Kier molecular flexibility index (Phi) is 9.10. The van der Waals surface area contributed by atoms with Crippen LogP contribution >= 0.6 is 0 Å². The zero-order chi connectivity index (χ0) is 25.3. The summed E-state index contributed by atoms with van der Waals surface area (Å²) >= 11 is 0. The number of nitrogens with zero attached hydrogens (tertiary/aromatic N) is 2. The highest BCUT2D eigenvalue weighted by molar-refractivity contribution is 6.09. The molecule has 12 nitrogen and oxygen atoms in total. The van der Waals surface area contributed by atoms with Gasteiger partial charge in [0.15, 0.2) is 0 Å². The Balaban J connectivity index is 1.97. The van der Waals surface area contributed by atoms with Crippen molar-refractivity contribution in [3.63, 3.8) is 0 Å². The van der Waals surface area contributed by atoms with E-state index >= 15 is 0 Å². The molecule has 2 rings (SSSR count). The van der Waals surface area contributed by atoms with Crippen molar-refractivity contribution >= 4 is 35.9 Å². The molecule has 1 heterocycles. The van der Waals surface area contributed by atoms with E-state index in [9.17, 15) is 29.1 Å². The maximum Gasteiger partial charge on any atom is 0.328 e. The zero-order valence-electron chi connectivity index (χ0n) is 19.2. The number of imide groups is 1. The predicted molar refractivity (Wildman–Crippen MR) is 123 cm³/mol. The number of nitrogens with one attached hydrogen (secondary N) is 3. The Morgan fingerprint density at radius 3 is 2.47 bits per heavy atom. The molecule has 2 unspecified atom stereocenters. The lowest BCUT2D eigenvalue weighted by atomic mass is 9.91. The predicted octanol–water partition coefficient (Wildman–Crippen LogP) is 0.0121. The number of benzene rings is 1. The van der Waals surface area contributed by atoms with Crippen molar-refractivity contribution < 1.29 is 29.1 Å². The Hall–Kier alpha value is -3.96. The van der Waals surface area contributed by atoms with Crippen LogP contribution in [0, 0.1) is 0 Å².